The van der Waals surface area contributed by atoms with Gasteiger partial charge < -0.3 is 15.8 Å². The Kier molecular flexibility index (Phi) is 4.24. The summed E-state index contributed by atoms with van der Waals surface area (Å²) in [6.07, 6.45) is 0. The van der Waals surface area contributed by atoms with Crippen molar-refractivity contribution in [2.24, 2.45) is 0 Å². The van der Waals surface area contributed by atoms with Gasteiger partial charge in [0, 0.05) is 15.8 Å². The number of nitrogens with one attached hydrogen (secondary N) is 1. The molecule has 0 spiro atoms. The average Bonchev–Trinajstić information content (AvgIpc) is 2.41. The highest BCUT2D eigenvalue weighted by molar-refractivity contribution is 9.10. The first-order valence-corrected chi connectivity index (χ1v) is 6.50. The van der Waals surface area contributed by atoms with Crippen LogP contribution in [-0.4, -0.2) is 13.1 Å². The number of hydrogen-bond acceptors (Lipinski definition) is 4. The van der Waals surface area contributed by atoms with Crippen LogP contribution in [0.15, 0.2) is 40.9 Å². The molecule has 6 heteroatoms. The van der Waals surface area contributed by atoms with E-state index in [0.29, 0.717) is 5.69 Å². The first-order valence-electron chi connectivity index (χ1n) is 5.71. The molecule has 0 aliphatic heterocycles. The van der Waals surface area contributed by atoms with Crippen molar-refractivity contribution in [1.29, 1.82) is 0 Å². The Balaban J connectivity index is 2.39. The number of hydrogen-bond donors (Lipinski definition) is 2. The zero-order chi connectivity index (χ0) is 14.7. The van der Waals surface area contributed by atoms with Gasteiger partial charge in [-0.3, -0.25) is 0 Å². The minimum Gasteiger partial charge on any atom is -0.465 e. The number of carbonyl (C=O) groups is 1. The first-order chi connectivity index (χ1) is 9.51. The first kappa shape index (κ1) is 14.3. The highest BCUT2D eigenvalue weighted by atomic mass is 79.9. The van der Waals surface area contributed by atoms with Gasteiger partial charge in [-0.05, 0) is 30.3 Å². The van der Waals surface area contributed by atoms with E-state index in [4.69, 9.17) is 5.73 Å². The second-order valence-electron chi connectivity index (χ2n) is 4.05. The van der Waals surface area contributed by atoms with E-state index in [-0.39, 0.29) is 16.9 Å². The molecule has 0 aliphatic rings. The van der Waals surface area contributed by atoms with E-state index in [9.17, 15) is 9.18 Å². The molecule has 0 heterocycles. The zero-order valence-corrected chi connectivity index (χ0v) is 12.2. The molecule has 0 saturated carbocycles. The second-order valence-corrected chi connectivity index (χ2v) is 4.96. The van der Waals surface area contributed by atoms with Gasteiger partial charge in [-0.2, -0.15) is 0 Å². The lowest BCUT2D eigenvalue weighted by atomic mass is 10.1. The van der Waals surface area contributed by atoms with Gasteiger partial charge in [0.05, 0.1) is 18.4 Å². The topological polar surface area (TPSA) is 64.3 Å². The molecule has 4 nitrogen and oxygen atoms in total. The Morgan fingerprint density at radius 1 is 1.35 bits per heavy atom. The Morgan fingerprint density at radius 3 is 2.75 bits per heavy atom. The predicted molar refractivity (Wildman–Crippen MR) is 79.6 cm³/mol. The molecular weight excluding hydrogens is 327 g/mol. The zero-order valence-electron chi connectivity index (χ0n) is 10.6. The van der Waals surface area contributed by atoms with Crippen LogP contribution in [0.1, 0.15) is 10.4 Å². The highest BCUT2D eigenvalue weighted by Crippen LogP contribution is 2.27. The number of halogens is 2. The summed E-state index contributed by atoms with van der Waals surface area (Å²) >= 11 is 3.33. The van der Waals surface area contributed by atoms with Gasteiger partial charge in [-0.1, -0.05) is 22.0 Å². The Labute approximate surface area is 123 Å². The predicted octanol–water partition coefficient (Wildman–Crippen LogP) is 3.70. The molecule has 0 atom stereocenters. The van der Waals surface area contributed by atoms with Gasteiger partial charge in [0.1, 0.15) is 5.82 Å². The van der Waals surface area contributed by atoms with Crippen LogP contribution >= 0.6 is 15.9 Å². The number of benzene rings is 2. The fraction of sp³-hybridized carbons (Fsp3) is 0.0714. The molecule has 0 amide bonds. The summed E-state index contributed by atoms with van der Waals surface area (Å²) in [5.74, 6) is -1.16. The van der Waals surface area contributed by atoms with Gasteiger partial charge in [0.25, 0.3) is 0 Å². The molecule has 0 aliphatic carbocycles. The molecule has 0 radical (unpaired) electrons. The Hall–Kier alpha value is -2.08. The molecule has 0 saturated heterocycles. The van der Waals surface area contributed by atoms with Gasteiger partial charge in [-0.25, -0.2) is 9.18 Å². The maximum atomic E-state index is 13.9. The maximum Gasteiger partial charge on any atom is 0.340 e. The van der Waals surface area contributed by atoms with E-state index in [1.54, 1.807) is 12.1 Å². The molecule has 2 aromatic rings. The lowest BCUT2D eigenvalue weighted by molar-refractivity contribution is 0.0602. The second kappa shape index (κ2) is 5.92. The molecule has 0 unspecified atom stereocenters. The lowest BCUT2D eigenvalue weighted by Gasteiger charge is -2.11. The summed E-state index contributed by atoms with van der Waals surface area (Å²) in [4.78, 5) is 11.5. The largest absolute Gasteiger partial charge is 0.465 e. The molecule has 0 aromatic heterocycles. The van der Waals surface area contributed by atoms with E-state index in [1.807, 2.05) is 12.1 Å². The number of esters is 1. The van der Waals surface area contributed by atoms with Crippen molar-refractivity contribution < 1.29 is 13.9 Å². The third-order valence-corrected chi connectivity index (χ3v) is 3.14. The van der Waals surface area contributed by atoms with Gasteiger partial charge >= 0.3 is 5.97 Å². The number of methoxy groups -OCH3 is 1. The van der Waals surface area contributed by atoms with E-state index >= 15 is 0 Å². The third-order valence-electron chi connectivity index (χ3n) is 2.65. The van der Waals surface area contributed by atoms with Gasteiger partial charge in [-0.15, -0.1) is 0 Å². The van der Waals surface area contributed by atoms with Crippen molar-refractivity contribution in [3.8, 4) is 0 Å². The summed E-state index contributed by atoms with van der Waals surface area (Å²) in [6, 6.07) is 9.64. The van der Waals surface area contributed by atoms with Crippen LogP contribution in [0.4, 0.5) is 21.5 Å². The van der Waals surface area contributed by atoms with E-state index in [2.05, 4.69) is 26.0 Å². The number of ether oxygens (including phenoxy) is 1. The highest BCUT2D eigenvalue weighted by Gasteiger charge is 2.14. The maximum absolute atomic E-state index is 13.9. The van der Waals surface area contributed by atoms with E-state index in [1.165, 1.54) is 13.2 Å². The van der Waals surface area contributed by atoms with Crippen LogP contribution in [0.5, 0.6) is 0 Å². The molecule has 0 bridgehead atoms. The fourth-order valence-electron chi connectivity index (χ4n) is 1.69. The third kappa shape index (κ3) is 3.08. The molecule has 2 rings (SSSR count). The SMILES string of the molecule is COC(=O)c1cc(Nc2cccc(Br)c2)c(F)cc1N. The molecular formula is C14H12BrFN2O2. The van der Waals surface area contributed by atoms with Crippen molar-refractivity contribution >= 4 is 39.0 Å². The standard InChI is InChI=1S/C14H12BrFN2O2/c1-20-14(19)10-6-13(11(16)7-12(10)17)18-9-4-2-3-8(15)5-9/h2-7,18H,17H2,1H3. The molecule has 20 heavy (non-hydrogen) atoms. The van der Waals surface area contributed by atoms with Crippen molar-refractivity contribution in [3.63, 3.8) is 0 Å². The molecule has 0 fully saturated rings. The fourth-order valence-corrected chi connectivity index (χ4v) is 2.09. The van der Waals surface area contributed by atoms with Crippen molar-refractivity contribution in [3.05, 3.63) is 52.3 Å². The normalized spacial score (nSPS) is 10.2. The van der Waals surface area contributed by atoms with Gasteiger partial charge in [0.15, 0.2) is 0 Å². The quantitative estimate of drug-likeness (QED) is 0.661. The van der Waals surface area contributed by atoms with Crippen LogP contribution in [0, 0.1) is 5.82 Å². The summed E-state index contributed by atoms with van der Waals surface area (Å²) in [7, 11) is 1.24. The molecule has 2 aromatic carbocycles. The molecule has 3 N–H and O–H groups in total. The minimum atomic E-state index is -0.611. The smallest absolute Gasteiger partial charge is 0.340 e. The summed E-state index contributed by atoms with van der Waals surface area (Å²) in [5.41, 5.74) is 6.59. The molecule has 104 valence electrons. The van der Waals surface area contributed by atoms with Gasteiger partial charge in [0.2, 0.25) is 0 Å². The van der Waals surface area contributed by atoms with Crippen LogP contribution in [0.2, 0.25) is 0 Å². The van der Waals surface area contributed by atoms with Crippen molar-refractivity contribution in [1.82, 2.24) is 0 Å². The number of nitrogens with two attached hydrogens (primary N) is 1. The van der Waals surface area contributed by atoms with Crippen LogP contribution in [0.3, 0.4) is 0 Å². The average molecular weight is 339 g/mol. The van der Waals surface area contributed by atoms with E-state index in [0.717, 1.165) is 10.5 Å². The van der Waals surface area contributed by atoms with E-state index < -0.39 is 11.8 Å². The van der Waals surface area contributed by atoms with Crippen molar-refractivity contribution in [2.45, 2.75) is 0 Å². The van der Waals surface area contributed by atoms with Crippen LogP contribution < -0.4 is 11.1 Å². The Bertz CT molecular complexity index is 662. The lowest BCUT2D eigenvalue weighted by Crippen LogP contribution is -2.07. The monoisotopic (exact) mass is 338 g/mol. The number of carbonyl (C=O) groups excluding carboxylic acids is 1. The summed E-state index contributed by atoms with van der Waals surface area (Å²) in [5, 5.41) is 2.89. The summed E-state index contributed by atoms with van der Waals surface area (Å²) in [6.45, 7) is 0. The summed E-state index contributed by atoms with van der Waals surface area (Å²) < 4.78 is 19.3. The van der Waals surface area contributed by atoms with Crippen LogP contribution in [-0.2, 0) is 4.74 Å². The number of rotatable bonds is 3. The Morgan fingerprint density at radius 2 is 2.10 bits per heavy atom. The number of anilines is 3. The minimum absolute atomic E-state index is 0.0362. The van der Waals surface area contributed by atoms with Crippen LogP contribution in [0.25, 0.3) is 0 Å². The van der Waals surface area contributed by atoms with Crippen molar-refractivity contribution in [2.75, 3.05) is 18.2 Å². The number of nitrogen functional groups attached to an aromatic ring is 1.